The van der Waals surface area contributed by atoms with Crippen molar-refractivity contribution < 1.29 is 23.1 Å². The summed E-state index contributed by atoms with van der Waals surface area (Å²) in [6.07, 6.45) is 8.90. The summed E-state index contributed by atoms with van der Waals surface area (Å²) in [6, 6.07) is 30.0. The molecule has 0 aliphatic carbocycles. The summed E-state index contributed by atoms with van der Waals surface area (Å²) in [4.78, 5) is 0. The Morgan fingerprint density at radius 2 is 1.37 bits per heavy atom. The molecule has 0 saturated heterocycles. The number of methoxy groups -OCH3 is 1. The molecule has 3 aromatic rings. The van der Waals surface area contributed by atoms with E-state index in [2.05, 4.69) is 140 Å². The van der Waals surface area contributed by atoms with Gasteiger partial charge in [-0.15, -0.1) is 0 Å². The molecule has 0 bridgehead atoms. The average molecular weight is 731 g/mol. The van der Waals surface area contributed by atoms with Crippen molar-refractivity contribution in [3.05, 3.63) is 102 Å². The molecule has 1 aliphatic heterocycles. The second kappa shape index (κ2) is 17.9. The van der Waals surface area contributed by atoms with Crippen LogP contribution in [0.15, 0.2) is 96.8 Å². The number of ether oxygens (including phenoxy) is 3. The van der Waals surface area contributed by atoms with E-state index >= 15 is 0 Å². The molecule has 280 valence electrons. The standard InChI is InChI=1S/C44H66O5Si2/c1-42(2,3)50(9,10)49-44(7)32-19-22-38(21-17-18-33-46-35-36-28-30-37(45-8)31-29-36)48-41(44)27-20-34-47-51(43(4,5)6,39-23-13-11-14-24-39)40-25-15-12-16-26-40/h11-16,22-26,28-31,41H,17-21,27,32-35H2,1-10H3/t41-,44+/m1/s1. The maximum absolute atomic E-state index is 7.30. The predicted octanol–water partition coefficient (Wildman–Crippen LogP) is 10.6. The van der Waals surface area contributed by atoms with Crippen LogP contribution in [0.25, 0.3) is 0 Å². The highest BCUT2D eigenvalue weighted by molar-refractivity contribution is 6.99. The van der Waals surface area contributed by atoms with Crippen LogP contribution in [0, 0.1) is 0 Å². The smallest absolute Gasteiger partial charge is 0.261 e. The highest BCUT2D eigenvalue weighted by Gasteiger charge is 2.51. The van der Waals surface area contributed by atoms with Crippen molar-refractivity contribution in [2.24, 2.45) is 0 Å². The van der Waals surface area contributed by atoms with E-state index in [1.165, 1.54) is 10.4 Å². The fourth-order valence-electron chi connectivity index (χ4n) is 7.08. The average Bonchev–Trinajstić information content (AvgIpc) is 3.23. The summed E-state index contributed by atoms with van der Waals surface area (Å²) in [5.41, 5.74) is 0.786. The lowest BCUT2D eigenvalue weighted by Crippen LogP contribution is -2.66. The van der Waals surface area contributed by atoms with Gasteiger partial charge in [0.1, 0.15) is 11.9 Å². The van der Waals surface area contributed by atoms with E-state index in [1.807, 2.05) is 12.1 Å². The van der Waals surface area contributed by atoms with Crippen LogP contribution >= 0.6 is 0 Å². The number of allylic oxidation sites excluding steroid dienone is 2. The normalized spacial score (nSPS) is 18.9. The first-order valence-corrected chi connectivity index (χ1v) is 23.9. The van der Waals surface area contributed by atoms with E-state index in [9.17, 15) is 0 Å². The molecule has 0 amide bonds. The lowest BCUT2D eigenvalue weighted by atomic mass is 9.91. The topological polar surface area (TPSA) is 46.2 Å². The Morgan fingerprint density at radius 1 is 0.765 bits per heavy atom. The third-order valence-electron chi connectivity index (χ3n) is 11.0. The van der Waals surface area contributed by atoms with Crippen molar-refractivity contribution in [2.75, 3.05) is 20.3 Å². The van der Waals surface area contributed by atoms with Gasteiger partial charge in [-0.05, 0) is 103 Å². The molecule has 0 fully saturated rings. The summed E-state index contributed by atoms with van der Waals surface area (Å²) >= 11 is 0. The molecule has 51 heavy (non-hydrogen) atoms. The fraction of sp³-hybridized carbons (Fsp3) is 0.545. The lowest BCUT2D eigenvalue weighted by molar-refractivity contribution is -0.0719. The number of hydrogen-bond donors (Lipinski definition) is 0. The van der Waals surface area contributed by atoms with E-state index in [0.29, 0.717) is 13.2 Å². The van der Waals surface area contributed by atoms with Gasteiger partial charge in [-0.1, -0.05) is 114 Å². The summed E-state index contributed by atoms with van der Waals surface area (Å²) < 4.78 is 32.9. The molecule has 0 N–H and O–H groups in total. The number of rotatable bonds is 17. The molecule has 0 aromatic heterocycles. The Morgan fingerprint density at radius 3 is 1.92 bits per heavy atom. The number of benzene rings is 3. The lowest BCUT2D eigenvalue weighted by Gasteiger charge is -2.47. The summed E-state index contributed by atoms with van der Waals surface area (Å²) in [5, 5.41) is 2.70. The van der Waals surface area contributed by atoms with Crippen LogP contribution in [0.5, 0.6) is 5.75 Å². The van der Waals surface area contributed by atoms with E-state index in [4.69, 9.17) is 23.1 Å². The molecular weight excluding hydrogens is 665 g/mol. The van der Waals surface area contributed by atoms with Crippen LogP contribution in [0.4, 0.5) is 0 Å². The first-order chi connectivity index (χ1) is 24.1. The molecule has 0 unspecified atom stereocenters. The minimum Gasteiger partial charge on any atom is -0.497 e. The van der Waals surface area contributed by atoms with Gasteiger partial charge < -0.3 is 23.1 Å². The maximum Gasteiger partial charge on any atom is 0.261 e. The molecule has 3 aromatic carbocycles. The van der Waals surface area contributed by atoms with E-state index in [1.54, 1.807) is 7.11 Å². The Kier molecular flexibility index (Phi) is 14.4. The van der Waals surface area contributed by atoms with Gasteiger partial charge in [-0.3, -0.25) is 0 Å². The van der Waals surface area contributed by atoms with Gasteiger partial charge in [0, 0.05) is 19.6 Å². The molecule has 0 spiro atoms. The zero-order chi connectivity index (χ0) is 37.2. The number of hydrogen-bond acceptors (Lipinski definition) is 5. The molecule has 5 nitrogen and oxygen atoms in total. The quantitative estimate of drug-likeness (QED) is 0.102. The highest BCUT2D eigenvalue weighted by atomic mass is 28.4. The summed E-state index contributed by atoms with van der Waals surface area (Å²) in [6.45, 7) is 23.1. The Hall–Kier alpha value is -2.69. The maximum atomic E-state index is 7.30. The molecule has 4 rings (SSSR count). The zero-order valence-electron chi connectivity index (χ0n) is 33.3. The van der Waals surface area contributed by atoms with Gasteiger partial charge in [0.25, 0.3) is 8.32 Å². The van der Waals surface area contributed by atoms with Crippen molar-refractivity contribution in [1.29, 1.82) is 0 Å². The van der Waals surface area contributed by atoms with E-state index < -0.39 is 16.6 Å². The first kappa shape index (κ1) is 41.1. The minimum atomic E-state index is -2.61. The Labute approximate surface area is 312 Å². The van der Waals surface area contributed by atoms with Crippen LogP contribution in [0.2, 0.25) is 23.2 Å². The monoisotopic (exact) mass is 730 g/mol. The number of unbranched alkanes of at least 4 members (excludes halogenated alkanes) is 1. The van der Waals surface area contributed by atoms with Crippen LogP contribution < -0.4 is 15.1 Å². The van der Waals surface area contributed by atoms with Crippen molar-refractivity contribution in [1.82, 2.24) is 0 Å². The third-order valence-corrected chi connectivity index (χ3v) is 20.6. The summed E-state index contributed by atoms with van der Waals surface area (Å²) in [5.74, 6) is 1.97. The van der Waals surface area contributed by atoms with Gasteiger partial charge in [-0.2, -0.15) is 0 Å². The molecule has 2 atom stereocenters. The second-order valence-corrected chi connectivity index (χ2v) is 26.0. The van der Waals surface area contributed by atoms with Crippen molar-refractivity contribution in [2.45, 2.75) is 135 Å². The first-order valence-electron chi connectivity index (χ1n) is 19.1. The molecule has 0 saturated carbocycles. The SMILES string of the molecule is COc1ccc(COCCCCC2=CCC[C@](C)(O[Si](C)(C)C(C)(C)C)[C@@H](CCCO[Si](c3ccccc3)(c3ccccc3)C(C)(C)C)O2)cc1. The summed E-state index contributed by atoms with van der Waals surface area (Å²) in [7, 11) is -2.98. The zero-order valence-corrected chi connectivity index (χ0v) is 35.3. The minimum absolute atomic E-state index is 0.0468. The predicted molar refractivity (Wildman–Crippen MR) is 218 cm³/mol. The van der Waals surface area contributed by atoms with Crippen molar-refractivity contribution >= 4 is 27.0 Å². The molecule has 1 aliphatic rings. The van der Waals surface area contributed by atoms with Crippen LogP contribution in [-0.4, -0.2) is 48.7 Å². The molecule has 7 heteroatoms. The van der Waals surface area contributed by atoms with Gasteiger partial charge in [0.05, 0.1) is 25.1 Å². The fourth-order valence-corrected chi connectivity index (χ4v) is 13.4. The van der Waals surface area contributed by atoms with Crippen LogP contribution in [-0.2, 0) is 24.9 Å². The Bertz CT molecular complexity index is 1450. The van der Waals surface area contributed by atoms with Crippen molar-refractivity contribution in [3.8, 4) is 5.75 Å². The van der Waals surface area contributed by atoms with E-state index in [0.717, 1.165) is 68.6 Å². The van der Waals surface area contributed by atoms with Gasteiger partial charge in [0.2, 0.25) is 0 Å². The highest BCUT2D eigenvalue weighted by Crippen LogP contribution is 2.44. The van der Waals surface area contributed by atoms with E-state index in [-0.39, 0.29) is 21.8 Å². The Balaban J connectivity index is 1.44. The second-order valence-electron chi connectivity index (χ2n) is 17.0. The van der Waals surface area contributed by atoms with Gasteiger partial charge in [0.15, 0.2) is 8.32 Å². The van der Waals surface area contributed by atoms with Crippen molar-refractivity contribution in [3.63, 3.8) is 0 Å². The largest absolute Gasteiger partial charge is 0.497 e. The molecule has 1 heterocycles. The third kappa shape index (κ3) is 10.7. The molecule has 0 radical (unpaired) electrons. The van der Waals surface area contributed by atoms with Crippen LogP contribution in [0.1, 0.15) is 99.0 Å². The van der Waals surface area contributed by atoms with Gasteiger partial charge in [-0.25, -0.2) is 0 Å². The molecular formula is C44H66O5Si2. The van der Waals surface area contributed by atoms with Gasteiger partial charge >= 0.3 is 0 Å². The van der Waals surface area contributed by atoms with Crippen LogP contribution in [0.3, 0.4) is 0 Å².